The van der Waals surface area contributed by atoms with E-state index in [0.29, 0.717) is 10.6 Å². The van der Waals surface area contributed by atoms with Crippen molar-refractivity contribution in [3.63, 3.8) is 0 Å². The quantitative estimate of drug-likeness (QED) is 0.716. The summed E-state index contributed by atoms with van der Waals surface area (Å²) in [5, 5.41) is 15.2. The molecule has 4 nitrogen and oxygen atoms in total. The molecule has 1 unspecified atom stereocenters. The van der Waals surface area contributed by atoms with Gasteiger partial charge in [-0.3, -0.25) is 0 Å². The smallest absolute Gasteiger partial charge is 0.384 e. The van der Waals surface area contributed by atoms with Gasteiger partial charge in [0.05, 0.1) is 5.56 Å². The van der Waals surface area contributed by atoms with Gasteiger partial charge in [-0.15, -0.1) is 0 Å². The lowest BCUT2D eigenvalue weighted by molar-refractivity contribution is -0.138. The maximum Gasteiger partial charge on any atom is 0.416 e. The van der Waals surface area contributed by atoms with E-state index in [-0.39, 0.29) is 11.1 Å². The Labute approximate surface area is 152 Å². The number of rotatable bonds is 4. The summed E-state index contributed by atoms with van der Waals surface area (Å²) in [5.74, 6) is 0. The zero-order valence-corrected chi connectivity index (χ0v) is 14.0. The molecule has 0 aliphatic rings. The van der Waals surface area contributed by atoms with E-state index in [1.807, 2.05) is 0 Å². The second-order valence-corrected chi connectivity index (χ2v) is 5.89. The summed E-state index contributed by atoms with van der Waals surface area (Å²) < 4.78 is 41.3. The van der Waals surface area contributed by atoms with Crippen LogP contribution in [-0.4, -0.2) is 19.9 Å². The monoisotopic (exact) mass is 379 g/mol. The molecule has 26 heavy (non-hydrogen) atoms. The Hall–Kier alpha value is -2.64. The number of halogens is 4. The molecule has 0 radical (unpaired) electrons. The van der Waals surface area contributed by atoms with Crippen molar-refractivity contribution in [3.05, 3.63) is 82.9 Å². The first-order valence-electron chi connectivity index (χ1n) is 7.52. The molecule has 2 aromatic carbocycles. The molecular weight excluding hydrogens is 367 g/mol. The van der Waals surface area contributed by atoms with Crippen molar-refractivity contribution in [1.82, 2.24) is 14.8 Å². The molecule has 0 bridgehead atoms. The van der Waals surface area contributed by atoms with Crippen molar-refractivity contribution < 1.29 is 18.3 Å². The minimum absolute atomic E-state index is 0.226. The van der Waals surface area contributed by atoms with Gasteiger partial charge in [-0.25, -0.2) is 9.67 Å². The maximum atomic E-state index is 13.3. The van der Waals surface area contributed by atoms with E-state index in [1.165, 1.54) is 41.7 Å². The van der Waals surface area contributed by atoms with E-state index in [9.17, 15) is 18.3 Å². The SMILES string of the molecule is OC(C(=Cn1cncn1)c1ccc(Cl)cc1)c1ccccc1C(F)(F)F. The third kappa shape index (κ3) is 3.95. The number of aliphatic hydroxyl groups is 1. The maximum absolute atomic E-state index is 13.3. The average Bonchev–Trinajstić information content (AvgIpc) is 3.12. The summed E-state index contributed by atoms with van der Waals surface area (Å²) in [4.78, 5) is 3.80. The zero-order valence-electron chi connectivity index (χ0n) is 13.2. The third-order valence-electron chi connectivity index (χ3n) is 3.74. The first-order chi connectivity index (χ1) is 12.4. The van der Waals surface area contributed by atoms with Crippen molar-refractivity contribution in [3.8, 4) is 0 Å². The van der Waals surface area contributed by atoms with Crippen LogP contribution in [0.4, 0.5) is 13.2 Å². The molecule has 0 amide bonds. The number of aliphatic hydroxyl groups excluding tert-OH is 1. The lowest BCUT2D eigenvalue weighted by Gasteiger charge is -2.20. The molecule has 8 heteroatoms. The molecule has 3 rings (SSSR count). The number of hydrogen-bond donors (Lipinski definition) is 1. The third-order valence-corrected chi connectivity index (χ3v) is 3.99. The van der Waals surface area contributed by atoms with E-state index in [1.54, 1.807) is 24.3 Å². The number of hydrogen-bond acceptors (Lipinski definition) is 3. The number of aromatic nitrogens is 3. The number of nitrogens with zero attached hydrogens (tertiary/aromatic N) is 3. The van der Waals surface area contributed by atoms with Crippen LogP contribution in [-0.2, 0) is 6.18 Å². The van der Waals surface area contributed by atoms with E-state index >= 15 is 0 Å². The van der Waals surface area contributed by atoms with E-state index in [4.69, 9.17) is 11.6 Å². The molecular formula is C18H13ClF3N3O. The van der Waals surface area contributed by atoms with Gasteiger partial charge in [-0.05, 0) is 29.3 Å². The van der Waals surface area contributed by atoms with Crippen LogP contribution < -0.4 is 0 Å². The fraction of sp³-hybridized carbons (Fsp3) is 0.111. The molecule has 1 atom stereocenters. The molecule has 0 spiro atoms. The van der Waals surface area contributed by atoms with Crippen molar-refractivity contribution in [2.75, 3.05) is 0 Å². The molecule has 0 aliphatic heterocycles. The lowest BCUT2D eigenvalue weighted by atomic mass is 9.92. The van der Waals surface area contributed by atoms with Crippen LogP contribution in [0, 0.1) is 0 Å². The van der Waals surface area contributed by atoms with Gasteiger partial charge in [-0.2, -0.15) is 18.3 Å². The summed E-state index contributed by atoms with van der Waals surface area (Å²) in [6.45, 7) is 0. The minimum Gasteiger partial charge on any atom is -0.384 e. The van der Waals surface area contributed by atoms with Gasteiger partial charge < -0.3 is 5.11 Å². The Morgan fingerprint density at radius 2 is 1.81 bits per heavy atom. The molecule has 1 N–H and O–H groups in total. The molecule has 1 heterocycles. The van der Waals surface area contributed by atoms with Gasteiger partial charge in [0.1, 0.15) is 18.8 Å². The summed E-state index contributed by atoms with van der Waals surface area (Å²) >= 11 is 5.88. The first kappa shape index (κ1) is 18.2. The van der Waals surface area contributed by atoms with Crippen molar-refractivity contribution in [1.29, 1.82) is 0 Å². The molecule has 0 aliphatic carbocycles. The fourth-order valence-corrected chi connectivity index (χ4v) is 2.66. The van der Waals surface area contributed by atoms with Gasteiger partial charge in [0.25, 0.3) is 0 Å². The Balaban J connectivity index is 2.13. The Morgan fingerprint density at radius 1 is 1.12 bits per heavy atom. The molecule has 3 aromatic rings. The second-order valence-electron chi connectivity index (χ2n) is 5.45. The average molecular weight is 380 g/mol. The van der Waals surface area contributed by atoms with Crippen LogP contribution in [0.2, 0.25) is 5.02 Å². The first-order valence-corrected chi connectivity index (χ1v) is 7.90. The highest BCUT2D eigenvalue weighted by molar-refractivity contribution is 6.30. The van der Waals surface area contributed by atoms with Crippen molar-refractivity contribution in [2.45, 2.75) is 12.3 Å². The van der Waals surface area contributed by atoms with Crippen molar-refractivity contribution in [2.24, 2.45) is 0 Å². The molecule has 1 aromatic heterocycles. The van der Waals surface area contributed by atoms with Crippen LogP contribution >= 0.6 is 11.6 Å². The Bertz CT molecular complexity index is 906. The summed E-state index contributed by atoms with van der Waals surface area (Å²) in [6.07, 6.45) is -2.04. The summed E-state index contributed by atoms with van der Waals surface area (Å²) in [7, 11) is 0. The van der Waals surface area contributed by atoms with Gasteiger partial charge in [0.15, 0.2) is 0 Å². The van der Waals surface area contributed by atoms with Gasteiger partial charge in [0, 0.05) is 16.8 Å². The van der Waals surface area contributed by atoms with Crippen LogP contribution in [0.25, 0.3) is 11.8 Å². The zero-order chi connectivity index (χ0) is 18.7. The minimum atomic E-state index is -4.59. The Kier molecular flexibility index (Phi) is 5.11. The highest BCUT2D eigenvalue weighted by atomic mass is 35.5. The molecule has 0 saturated heterocycles. The van der Waals surface area contributed by atoms with Gasteiger partial charge in [-0.1, -0.05) is 41.9 Å². The van der Waals surface area contributed by atoms with Gasteiger partial charge in [0.2, 0.25) is 0 Å². The van der Waals surface area contributed by atoms with E-state index < -0.39 is 17.8 Å². The molecule has 0 saturated carbocycles. The van der Waals surface area contributed by atoms with Crippen LogP contribution in [0.1, 0.15) is 22.8 Å². The molecule has 134 valence electrons. The lowest BCUT2D eigenvalue weighted by Crippen LogP contribution is -2.13. The highest BCUT2D eigenvalue weighted by Crippen LogP contribution is 2.39. The van der Waals surface area contributed by atoms with Crippen LogP contribution in [0.3, 0.4) is 0 Å². The summed E-state index contributed by atoms with van der Waals surface area (Å²) in [5.41, 5.74) is -0.412. The fourth-order valence-electron chi connectivity index (χ4n) is 2.53. The van der Waals surface area contributed by atoms with Gasteiger partial charge >= 0.3 is 6.18 Å². The highest BCUT2D eigenvalue weighted by Gasteiger charge is 2.35. The predicted molar refractivity (Wildman–Crippen MR) is 92.0 cm³/mol. The largest absolute Gasteiger partial charge is 0.416 e. The summed E-state index contributed by atoms with van der Waals surface area (Å²) in [6, 6.07) is 11.3. The Morgan fingerprint density at radius 3 is 2.42 bits per heavy atom. The number of benzene rings is 2. The topological polar surface area (TPSA) is 50.9 Å². The van der Waals surface area contributed by atoms with Crippen molar-refractivity contribution >= 4 is 23.4 Å². The van der Waals surface area contributed by atoms with Crippen LogP contribution in [0.15, 0.2) is 61.2 Å². The molecule has 0 fully saturated rings. The van der Waals surface area contributed by atoms with E-state index in [0.717, 1.165) is 6.07 Å². The normalized spacial score (nSPS) is 13.7. The van der Waals surface area contributed by atoms with E-state index in [2.05, 4.69) is 10.1 Å². The predicted octanol–water partition coefficient (Wildman–Crippen LogP) is 4.68. The van der Waals surface area contributed by atoms with Crippen LogP contribution in [0.5, 0.6) is 0 Å². The second kappa shape index (κ2) is 7.31. The number of alkyl halides is 3. The standard InChI is InChI=1S/C18H13ClF3N3O/c19-13-7-5-12(6-8-13)15(9-25-11-23-10-24-25)17(26)14-3-1-2-4-16(14)18(20,21)22/h1-11,17,26H.